The minimum absolute atomic E-state index is 0.0148. The molecule has 1 rings (SSSR count). The van der Waals surface area contributed by atoms with Crippen LogP contribution in [0, 0.1) is 0 Å². The highest BCUT2D eigenvalue weighted by Gasteiger charge is 2.12. The van der Waals surface area contributed by atoms with Gasteiger partial charge in [0.05, 0.1) is 17.7 Å². The van der Waals surface area contributed by atoms with Crippen molar-refractivity contribution >= 4 is 21.8 Å². The van der Waals surface area contributed by atoms with Gasteiger partial charge in [-0.25, -0.2) is 0 Å². The average Bonchev–Trinajstić information content (AvgIpc) is 2.46. The van der Waals surface area contributed by atoms with E-state index in [1.54, 1.807) is 7.05 Å². The van der Waals surface area contributed by atoms with E-state index >= 15 is 0 Å². The van der Waals surface area contributed by atoms with Crippen LogP contribution in [0.4, 0.5) is 0 Å². The first-order valence-corrected chi connectivity index (χ1v) is 7.90. The van der Waals surface area contributed by atoms with Crippen molar-refractivity contribution in [1.82, 2.24) is 5.32 Å². The first-order valence-electron chi connectivity index (χ1n) is 7.11. The molecule has 0 radical (unpaired) electrons. The lowest BCUT2D eigenvalue weighted by atomic mass is 10.1. The largest absolute Gasteiger partial charge is 0.490 e. The Labute approximate surface area is 134 Å². The highest BCUT2D eigenvalue weighted by molar-refractivity contribution is 9.10. The summed E-state index contributed by atoms with van der Waals surface area (Å²) in [7, 11) is 1.63. The van der Waals surface area contributed by atoms with Gasteiger partial charge in [-0.1, -0.05) is 0 Å². The third-order valence-electron chi connectivity index (χ3n) is 2.88. The van der Waals surface area contributed by atoms with Crippen LogP contribution in [0.2, 0.25) is 0 Å². The summed E-state index contributed by atoms with van der Waals surface area (Å²) >= 11 is 3.51. The highest BCUT2D eigenvalue weighted by Crippen LogP contribution is 2.37. The van der Waals surface area contributed by atoms with E-state index in [4.69, 9.17) is 15.2 Å². The number of hydrogen-bond acceptors (Lipinski definition) is 4. The Bertz CT molecular complexity index is 466. The van der Waals surface area contributed by atoms with Gasteiger partial charge in [-0.2, -0.15) is 0 Å². The highest BCUT2D eigenvalue weighted by atomic mass is 79.9. The van der Waals surface area contributed by atoms with E-state index in [2.05, 4.69) is 21.2 Å². The zero-order valence-electron chi connectivity index (χ0n) is 12.6. The van der Waals surface area contributed by atoms with E-state index in [9.17, 15) is 4.79 Å². The monoisotopic (exact) mass is 358 g/mol. The zero-order chi connectivity index (χ0) is 15.7. The predicted octanol–water partition coefficient (Wildman–Crippen LogP) is 2.25. The molecule has 21 heavy (non-hydrogen) atoms. The summed E-state index contributed by atoms with van der Waals surface area (Å²) in [5, 5.41) is 2.59. The van der Waals surface area contributed by atoms with Crippen molar-refractivity contribution in [3.05, 3.63) is 22.2 Å². The van der Waals surface area contributed by atoms with Crippen LogP contribution < -0.4 is 20.5 Å². The number of amides is 1. The Morgan fingerprint density at radius 1 is 1.38 bits per heavy atom. The topological polar surface area (TPSA) is 73.6 Å². The SMILES string of the molecule is CCOc1cc(CCN)cc(Br)c1OCCCC(=O)NC. The number of ether oxygens (including phenoxy) is 2. The zero-order valence-corrected chi connectivity index (χ0v) is 14.2. The van der Waals surface area contributed by atoms with Crippen LogP contribution in [0.3, 0.4) is 0 Å². The van der Waals surface area contributed by atoms with Crippen molar-refractivity contribution in [2.75, 3.05) is 26.8 Å². The molecule has 118 valence electrons. The second-order valence-corrected chi connectivity index (χ2v) is 5.36. The fourth-order valence-corrected chi connectivity index (χ4v) is 2.47. The Balaban J connectivity index is 2.72. The number of carbonyl (C=O) groups is 1. The standard InChI is InChI=1S/C15H23BrN2O3/c1-3-20-13-10-11(6-7-17)9-12(16)15(13)21-8-4-5-14(19)18-2/h9-10H,3-8,17H2,1-2H3,(H,18,19). The molecule has 0 saturated carbocycles. The second-order valence-electron chi connectivity index (χ2n) is 4.50. The first-order chi connectivity index (χ1) is 10.1. The molecule has 0 aliphatic heterocycles. The minimum Gasteiger partial charge on any atom is -0.490 e. The molecule has 0 atom stereocenters. The van der Waals surface area contributed by atoms with Crippen LogP contribution in [0.15, 0.2) is 16.6 Å². The van der Waals surface area contributed by atoms with E-state index in [0.29, 0.717) is 44.1 Å². The molecule has 3 N–H and O–H groups in total. The molecule has 0 aliphatic carbocycles. The van der Waals surface area contributed by atoms with Gasteiger partial charge in [-0.05, 0) is 59.9 Å². The lowest BCUT2D eigenvalue weighted by Gasteiger charge is -2.15. The van der Waals surface area contributed by atoms with Gasteiger partial charge in [0, 0.05) is 13.5 Å². The van der Waals surface area contributed by atoms with Crippen molar-refractivity contribution in [3.8, 4) is 11.5 Å². The maximum Gasteiger partial charge on any atom is 0.219 e. The number of benzene rings is 1. The first kappa shape index (κ1) is 17.8. The third-order valence-corrected chi connectivity index (χ3v) is 3.46. The van der Waals surface area contributed by atoms with Crippen LogP contribution in [0.1, 0.15) is 25.3 Å². The molecule has 1 amide bonds. The maximum atomic E-state index is 11.2. The number of halogens is 1. The Kier molecular flexibility index (Phi) is 8.15. The van der Waals surface area contributed by atoms with E-state index in [0.717, 1.165) is 16.5 Å². The fraction of sp³-hybridized carbons (Fsp3) is 0.533. The average molecular weight is 359 g/mol. The molecule has 0 saturated heterocycles. The summed E-state index contributed by atoms with van der Waals surface area (Å²) in [5.74, 6) is 1.39. The Morgan fingerprint density at radius 3 is 2.76 bits per heavy atom. The number of nitrogens with one attached hydrogen (secondary N) is 1. The van der Waals surface area contributed by atoms with Gasteiger partial charge in [0.25, 0.3) is 0 Å². The Hall–Kier alpha value is -1.27. The quantitative estimate of drug-likeness (QED) is 0.664. The molecule has 0 unspecified atom stereocenters. The number of hydrogen-bond donors (Lipinski definition) is 2. The molecule has 0 heterocycles. The minimum atomic E-state index is 0.0148. The molecule has 0 aromatic heterocycles. The van der Waals surface area contributed by atoms with Crippen LogP contribution in [0.25, 0.3) is 0 Å². The molecule has 0 aliphatic rings. The Morgan fingerprint density at radius 2 is 2.14 bits per heavy atom. The van der Waals surface area contributed by atoms with Crippen LogP contribution >= 0.6 is 15.9 Å². The van der Waals surface area contributed by atoms with Crippen LogP contribution in [-0.2, 0) is 11.2 Å². The predicted molar refractivity (Wildman–Crippen MR) is 86.9 cm³/mol. The van der Waals surface area contributed by atoms with Crippen molar-refractivity contribution < 1.29 is 14.3 Å². The van der Waals surface area contributed by atoms with Crippen molar-refractivity contribution in [2.45, 2.75) is 26.2 Å². The molecule has 1 aromatic rings. The molecular formula is C15H23BrN2O3. The van der Waals surface area contributed by atoms with Crippen LogP contribution in [0.5, 0.6) is 11.5 Å². The van der Waals surface area contributed by atoms with Crippen molar-refractivity contribution in [3.63, 3.8) is 0 Å². The van der Waals surface area contributed by atoms with Crippen molar-refractivity contribution in [2.24, 2.45) is 5.73 Å². The molecule has 5 nitrogen and oxygen atoms in total. The third kappa shape index (κ3) is 5.93. The fourth-order valence-electron chi connectivity index (χ4n) is 1.87. The number of nitrogens with two attached hydrogens (primary N) is 1. The van der Waals surface area contributed by atoms with E-state index in [1.807, 2.05) is 19.1 Å². The molecule has 0 bridgehead atoms. The summed E-state index contributed by atoms with van der Waals surface area (Å²) < 4.78 is 12.2. The van der Waals surface area contributed by atoms with Gasteiger partial charge >= 0.3 is 0 Å². The van der Waals surface area contributed by atoms with Crippen molar-refractivity contribution in [1.29, 1.82) is 0 Å². The van der Waals surface area contributed by atoms with E-state index in [-0.39, 0.29) is 5.91 Å². The molecule has 0 fully saturated rings. The van der Waals surface area contributed by atoms with Gasteiger partial charge in [-0.3, -0.25) is 4.79 Å². The van der Waals surface area contributed by atoms with E-state index < -0.39 is 0 Å². The second kappa shape index (κ2) is 9.63. The summed E-state index contributed by atoms with van der Waals surface area (Å²) in [4.78, 5) is 11.2. The van der Waals surface area contributed by atoms with Gasteiger partial charge in [0.15, 0.2) is 11.5 Å². The normalized spacial score (nSPS) is 10.3. The molecule has 0 spiro atoms. The number of rotatable bonds is 9. The smallest absolute Gasteiger partial charge is 0.219 e. The summed E-state index contributed by atoms with van der Waals surface area (Å²) in [5.41, 5.74) is 6.69. The molecular weight excluding hydrogens is 336 g/mol. The number of carbonyl (C=O) groups excluding carboxylic acids is 1. The summed E-state index contributed by atoms with van der Waals surface area (Å²) in [6.07, 6.45) is 1.89. The van der Waals surface area contributed by atoms with Gasteiger partial charge < -0.3 is 20.5 Å². The molecule has 1 aromatic carbocycles. The van der Waals surface area contributed by atoms with Gasteiger partial charge in [-0.15, -0.1) is 0 Å². The van der Waals surface area contributed by atoms with Gasteiger partial charge in [0.1, 0.15) is 0 Å². The lowest BCUT2D eigenvalue weighted by molar-refractivity contribution is -0.120. The summed E-state index contributed by atoms with van der Waals surface area (Å²) in [6.45, 7) is 3.54. The maximum absolute atomic E-state index is 11.2. The van der Waals surface area contributed by atoms with Gasteiger partial charge in [0.2, 0.25) is 5.91 Å². The molecule has 6 heteroatoms. The summed E-state index contributed by atoms with van der Waals surface area (Å²) in [6, 6.07) is 3.94. The van der Waals surface area contributed by atoms with E-state index in [1.165, 1.54) is 0 Å². The lowest BCUT2D eigenvalue weighted by Crippen LogP contribution is -2.18. The van der Waals surface area contributed by atoms with Crippen LogP contribution in [-0.4, -0.2) is 32.7 Å².